The van der Waals surface area contributed by atoms with Crippen molar-refractivity contribution >= 4 is 23.7 Å². The summed E-state index contributed by atoms with van der Waals surface area (Å²) in [6, 6.07) is 0. The Balaban J connectivity index is 3.78. The fraction of sp³-hybridized carbons (Fsp3) is 0.778. The Labute approximate surface area is 88.0 Å². The molecule has 0 spiro atoms. The van der Waals surface area contributed by atoms with Crippen LogP contribution < -0.4 is 0 Å². The van der Waals surface area contributed by atoms with E-state index in [0.717, 1.165) is 0 Å². The highest BCUT2D eigenvalue weighted by Crippen LogP contribution is 2.16. The van der Waals surface area contributed by atoms with E-state index >= 15 is 0 Å². The SMILES string of the molecule is CCOC(=O)C(C)SCC(C)C(=O)O. The summed E-state index contributed by atoms with van der Waals surface area (Å²) in [6.45, 7) is 5.44. The number of aliphatic carboxylic acids is 1. The van der Waals surface area contributed by atoms with E-state index in [0.29, 0.717) is 12.4 Å². The van der Waals surface area contributed by atoms with E-state index in [9.17, 15) is 9.59 Å². The molecule has 0 aromatic rings. The van der Waals surface area contributed by atoms with Gasteiger partial charge in [-0.25, -0.2) is 0 Å². The summed E-state index contributed by atoms with van der Waals surface area (Å²) in [6.07, 6.45) is 0. The molecule has 82 valence electrons. The predicted octanol–water partition coefficient (Wildman–Crippen LogP) is 1.39. The molecule has 0 aromatic carbocycles. The Hall–Kier alpha value is -0.710. The summed E-state index contributed by atoms with van der Waals surface area (Å²) in [4.78, 5) is 21.6. The van der Waals surface area contributed by atoms with Crippen molar-refractivity contribution in [3.8, 4) is 0 Å². The van der Waals surface area contributed by atoms with E-state index in [4.69, 9.17) is 9.84 Å². The van der Waals surface area contributed by atoms with E-state index in [1.807, 2.05) is 0 Å². The third-order valence-electron chi connectivity index (χ3n) is 1.64. The van der Waals surface area contributed by atoms with Crippen LogP contribution in [0.4, 0.5) is 0 Å². The number of hydrogen-bond donors (Lipinski definition) is 1. The van der Waals surface area contributed by atoms with Gasteiger partial charge >= 0.3 is 11.9 Å². The van der Waals surface area contributed by atoms with E-state index in [2.05, 4.69) is 0 Å². The maximum absolute atomic E-state index is 11.1. The summed E-state index contributed by atoms with van der Waals surface area (Å²) in [5.41, 5.74) is 0. The van der Waals surface area contributed by atoms with Gasteiger partial charge < -0.3 is 9.84 Å². The van der Waals surface area contributed by atoms with Crippen LogP contribution in [0.25, 0.3) is 0 Å². The third kappa shape index (κ3) is 5.11. The first-order valence-electron chi connectivity index (χ1n) is 4.50. The second-order valence-corrected chi connectivity index (χ2v) is 4.34. The van der Waals surface area contributed by atoms with Gasteiger partial charge in [0.15, 0.2) is 0 Å². The number of rotatable bonds is 6. The maximum Gasteiger partial charge on any atom is 0.318 e. The average Bonchev–Trinajstić information content (AvgIpc) is 2.13. The molecule has 0 amide bonds. The zero-order valence-corrected chi connectivity index (χ0v) is 9.47. The Morgan fingerprint density at radius 3 is 2.43 bits per heavy atom. The summed E-state index contributed by atoms with van der Waals surface area (Å²) in [5.74, 6) is -1.13. The topological polar surface area (TPSA) is 63.6 Å². The van der Waals surface area contributed by atoms with Crippen molar-refractivity contribution in [2.45, 2.75) is 26.0 Å². The van der Waals surface area contributed by atoms with Gasteiger partial charge in [0.05, 0.1) is 17.8 Å². The first kappa shape index (κ1) is 13.3. The van der Waals surface area contributed by atoms with Crippen LogP contribution in [0.3, 0.4) is 0 Å². The molecule has 0 saturated heterocycles. The molecule has 2 atom stereocenters. The minimum absolute atomic E-state index is 0.282. The van der Waals surface area contributed by atoms with E-state index in [1.54, 1.807) is 20.8 Å². The van der Waals surface area contributed by atoms with Crippen LogP contribution in [0.15, 0.2) is 0 Å². The second-order valence-electron chi connectivity index (χ2n) is 2.97. The predicted molar refractivity (Wildman–Crippen MR) is 55.4 cm³/mol. The number of ether oxygens (including phenoxy) is 1. The lowest BCUT2D eigenvalue weighted by Crippen LogP contribution is -2.20. The fourth-order valence-corrected chi connectivity index (χ4v) is 1.61. The van der Waals surface area contributed by atoms with Crippen LogP contribution in [-0.2, 0) is 14.3 Å². The first-order valence-corrected chi connectivity index (χ1v) is 5.55. The number of carboxylic acids is 1. The highest BCUT2D eigenvalue weighted by Gasteiger charge is 2.18. The van der Waals surface area contributed by atoms with Crippen LogP contribution in [0.1, 0.15) is 20.8 Å². The molecule has 0 aliphatic carbocycles. The lowest BCUT2D eigenvalue weighted by molar-refractivity contribution is -0.142. The largest absolute Gasteiger partial charge is 0.481 e. The highest BCUT2D eigenvalue weighted by molar-refractivity contribution is 8.00. The Bertz CT molecular complexity index is 205. The molecule has 0 aromatic heterocycles. The number of thioether (sulfide) groups is 1. The zero-order valence-electron chi connectivity index (χ0n) is 8.65. The molecular formula is C9H16O4S. The van der Waals surface area contributed by atoms with Gasteiger partial charge in [-0.1, -0.05) is 6.92 Å². The highest BCUT2D eigenvalue weighted by atomic mass is 32.2. The Morgan fingerprint density at radius 1 is 1.43 bits per heavy atom. The number of esters is 1. The monoisotopic (exact) mass is 220 g/mol. The Kier molecular flexibility index (Phi) is 6.36. The fourth-order valence-electron chi connectivity index (χ4n) is 0.688. The number of carbonyl (C=O) groups is 2. The third-order valence-corrected chi connectivity index (χ3v) is 3.02. The molecule has 5 heteroatoms. The van der Waals surface area contributed by atoms with Crippen molar-refractivity contribution in [3.05, 3.63) is 0 Å². The first-order chi connectivity index (χ1) is 6.49. The maximum atomic E-state index is 11.1. The minimum Gasteiger partial charge on any atom is -0.481 e. The van der Waals surface area contributed by atoms with Crippen molar-refractivity contribution in [2.24, 2.45) is 5.92 Å². The molecule has 0 fully saturated rings. The molecule has 0 radical (unpaired) electrons. The smallest absolute Gasteiger partial charge is 0.318 e. The van der Waals surface area contributed by atoms with E-state index in [-0.39, 0.29) is 11.2 Å². The van der Waals surface area contributed by atoms with Crippen LogP contribution in [0, 0.1) is 5.92 Å². The van der Waals surface area contributed by atoms with Gasteiger partial charge in [-0.05, 0) is 13.8 Å². The number of carboxylic acid groups (broad SMARTS) is 1. The van der Waals surface area contributed by atoms with Crippen molar-refractivity contribution in [1.29, 1.82) is 0 Å². The van der Waals surface area contributed by atoms with Gasteiger partial charge in [-0.15, -0.1) is 11.8 Å². The van der Waals surface area contributed by atoms with Crippen LogP contribution >= 0.6 is 11.8 Å². The van der Waals surface area contributed by atoms with Gasteiger partial charge in [-0.2, -0.15) is 0 Å². The molecular weight excluding hydrogens is 204 g/mol. The number of carbonyl (C=O) groups excluding carboxylic acids is 1. The zero-order chi connectivity index (χ0) is 11.1. The van der Waals surface area contributed by atoms with Gasteiger partial charge in [-0.3, -0.25) is 9.59 Å². The quantitative estimate of drug-likeness (QED) is 0.685. The molecule has 0 heterocycles. The van der Waals surface area contributed by atoms with Crippen LogP contribution in [-0.4, -0.2) is 34.7 Å². The minimum atomic E-state index is -0.839. The summed E-state index contributed by atoms with van der Waals surface area (Å²) in [7, 11) is 0. The molecule has 0 aliphatic rings. The molecule has 0 aliphatic heterocycles. The van der Waals surface area contributed by atoms with Crippen molar-refractivity contribution in [1.82, 2.24) is 0 Å². The molecule has 0 saturated carbocycles. The van der Waals surface area contributed by atoms with Gasteiger partial charge in [0.25, 0.3) is 0 Å². The van der Waals surface area contributed by atoms with Gasteiger partial charge in [0, 0.05) is 5.75 Å². The van der Waals surface area contributed by atoms with Crippen LogP contribution in [0.2, 0.25) is 0 Å². The van der Waals surface area contributed by atoms with Crippen molar-refractivity contribution in [3.63, 3.8) is 0 Å². The molecule has 4 nitrogen and oxygen atoms in total. The Morgan fingerprint density at radius 2 is 2.00 bits per heavy atom. The molecule has 2 unspecified atom stereocenters. The van der Waals surface area contributed by atoms with Gasteiger partial charge in [0.1, 0.15) is 0 Å². The van der Waals surface area contributed by atoms with Gasteiger partial charge in [0.2, 0.25) is 0 Å². The standard InChI is InChI=1S/C9H16O4S/c1-4-13-9(12)7(3)14-5-6(2)8(10)11/h6-7H,4-5H2,1-3H3,(H,10,11). The summed E-state index contributed by atoms with van der Waals surface area (Å²) < 4.78 is 4.79. The van der Waals surface area contributed by atoms with E-state index in [1.165, 1.54) is 11.8 Å². The average molecular weight is 220 g/mol. The molecule has 1 N–H and O–H groups in total. The normalized spacial score (nSPS) is 14.5. The van der Waals surface area contributed by atoms with Crippen molar-refractivity contribution < 1.29 is 19.4 Å². The molecule has 0 bridgehead atoms. The van der Waals surface area contributed by atoms with E-state index < -0.39 is 11.9 Å². The van der Waals surface area contributed by atoms with Crippen LogP contribution in [0.5, 0.6) is 0 Å². The second kappa shape index (κ2) is 6.70. The van der Waals surface area contributed by atoms with Crippen molar-refractivity contribution in [2.75, 3.05) is 12.4 Å². The molecule has 14 heavy (non-hydrogen) atoms. The number of hydrogen-bond acceptors (Lipinski definition) is 4. The molecule has 0 rings (SSSR count). The summed E-state index contributed by atoms with van der Waals surface area (Å²) >= 11 is 1.31. The lowest BCUT2D eigenvalue weighted by atomic mass is 10.2. The lowest BCUT2D eigenvalue weighted by Gasteiger charge is -2.11. The summed E-state index contributed by atoms with van der Waals surface area (Å²) in [5, 5.41) is 8.31.